The number of ether oxygens (including phenoxy) is 1. The summed E-state index contributed by atoms with van der Waals surface area (Å²) in [6.07, 6.45) is 6.46. The molecule has 12 heteroatoms. The van der Waals surface area contributed by atoms with E-state index in [2.05, 4.69) is 14.7 Å². The smallest absolute Gasteiger partial charge is 0.340 e. The first-order valence-corrected chi connectivity index (χ1v) is 7.61. The van der Waals surface area contributed by atoms with Gasteiger partial charge < -0.3 is 4.74 Å². The first kappa shape index (κ1) is 34.0. The minimum absolute atomic E-state index is 0. The Hall–Kier alpha value is -3.54. The van der Waals surface area contributed by atoms with Gasteiger partial charge in [0.1, 0.15) is 6.67 Å². The lowest BCUT2D eigenvalue weighted by Gasteiger charge is -2.11. The summed E-state index contributed by atoms with van der Waals surface area (Å²) in [5, 5.41) is 8.44. The van der Waals surface area contributed by atoms with Crippen molar-refractivity contribution in [2.45, 2.75) is 75.3 Å². The molecule has 12 nitrogen and oxygen atoms in total. The predicted octanol–water partition coefficient (Wildman–Crippen LogP) is 1.36. The highest BCUT2D eigenvalue weighted by molar-refractivity contribution is 5.32. The van der Waals surface area contributed by atoms with Crippen molar-refractivity contribution in [1.82, 2.24) is 13.7 Å². The molecular weight excluding hydrogens is 396 g/mol. The van der Waals surface area contributed by atoms with Crippen LogP contribution in [0.15, 0.2) is 24.4 Å². The van der Waals surface area contributed by atoms with Crippen LogP contribution in [0.25, 0.3) is 0 Å². The molecule has 0 aliphatic carbocycles. The second-order valence-corrected chi connectivity index (χ2v) is 5.00. The molecule has 1 heterocycles. The topological polar surface area (TPSA) is 158 Å². The van der Waals surface area contributed by atoms with Crippen molar-refractivity contribution in [2.24, 2.45) is 9.98 Å². The van der Waals surface area contributed by atoms with E-state index in [1.165, 1.54) is 18.4 Å². The van der Waals surface area contributed by atoms with Crippen LogP contribution in [0, 0.1) is 11.5 Å². The number of rotatable bonds is 11. The van der Waals surface area contributed by atoms with Gasteiger partial charge >= 0.3 is 17.1 Å². The van der Waals surface area contributed by atoms with E-state index in [9.17, 15) is 24.0 Å². The van der Waals surface area contributed by atoms with Gasteiger partial charge in [0.25, 0.3) is 6.26 Å². The number of aliphatic imine (C=N–C) groups is 2. The van der Waals surface area contributed by atoms with E-state index < -0.39 is 30.5 Å². The van der Waals surface area contributed by atoms with Crippen LogP contribution in [-0.4, -0.2) is 32.4 Å². The molecule has 0 saturated heterocycles. The lowest BCUT2D eigenvalue weighted by molar-refractivity contribution is 0.175. The number of carbonyl (C=O) groups excluding carboxylic acids is 2. The molecule has 0 aromatic carbocycles. The number of isocyanates is 2. The van der Waals surface area contributed by atoms with Crippen molar-refractivity contribution in [3.63, 3.8) is 0 Å². The van der Waals surface area contributed by atoms with Gasteiger partial charge in [0.15, 0.2) is 6.73 Å². The van der Waals surface area contributed by atoms with Crippen LogP contribution in [0.3, 0.4) is 0 Å². The maximum absolute atomic E-state index is 12.3. The average molecular weight is 428 g/mol. The molecule has 0 aliphatic heterocycles. The zero-order valence-electron chi connectivity index (χ0n) is 13.8. The third-order valence-corrected chi connectivity index (χ3v) is 3.39. The quantitative estimate of drug-likeness (QED) is 0.223. The zero-order chi connectivity index (χ0) is 19.4. The molecule has 0 bridgehead atoms. The highest BCUT2D eigenvalue weighted by Crippen LogP contribution is 2.00. The van der Waals surface area contributed by atoms with Crippen molar-refractivity contribution in [2.75, 3.05) is 6.54 Å². The molecule has 1 aromatic rings. The van der Waals surface area contributed by atoms with Crippen molar-refractivity contribution in [1.29, 1.82) is 5.26 Å². The van der Waals surface area contributed by atoms with Gasteiger partial charge in [0, 0.05) is 6.54 Å². The van der Waals surface area contributed by atoms with Gasteiger partial charge in [0.2, 0.25) is 12.2 Å². The van der Waals surface area contributed by atoms with Gasteiger partial charge in [-0.05, 0) is 12.8 Å². The van der Waals surface area contributed by atoms with Crippen LogP contribution in [-0.2, 0) is 34.3 Å². The van der Waals surface area contributed by atoms with Gasteiger partial charge in [-0.2, -0.15) is 10.3 Å². The summed E-state index contributed by atoms with van der Waals surface area (Å²) in [5.41, 5.74) is -2.89. The molecule has 170 valence electrons. The minimum atomic E-state index is -1.04. The van der Waals surface area contributed by atoms with Gasteiger partial charge in [-0.3, -0.25) is 0 Å². The Morgan fingerprint density at radius 3 is 1.87 bits per heavy atom. The molecule has 0 fully saturated rings. The van der Waals surface area contributed by atoms with E-state index in [-0.39, 0.29) is 36.3 Å². The summed E-state index contributed by atoms with van der Waals surface area (Å²) in [4.78, 5) is 63.5. The molecule has 0 atom stereocenters. The van der Waals surface area contributed by atoms with Crippen molar-refractivity contribution in [3.05, 3.63) is 31.5 Å². The minimum Gasteiger partial charge on any atom is -0.405 e. The van der Waals surface area contributed by atoms with Gasteiger partial charge in [-0.1, -0.05) is 42.5 Å². The number of hydrogen-bond acceptors (Lipinski definition) is 9. The molecule has 1 aromatic heterocycles. The van der Waals surface area contributed by atoms with Crippen LogP contribution in [0.2, 0.25) is 0 Å². The van der Waals surface area contributed by atoms with E-state index >= 15 is 0 Å². The Kier molecular flexibility index (Phi) is 21.3. The van der Waals surface area contributed by atoms with E-state index in [0.29, 0.717) is 34.9 Å². The lowest BCUT2D eigenvalue weighted by Crippen LogP contribution is -2.54. The van der Waals surface area contributed by atoms with Gasteiger partial charge in [-0.15, -0.1) is 0 Å². The summed E-state index contributed by atoms with van der Waals surface area (Å²) in [5.74, 6) is 0. The fourth-order valence-electron chi connectivity index (χ4n) is 2.16. The Balaban J connectivity index is -0.000000845. The Morgan fingerprint density at radius 1 is 0.767 bits per heavy atom. The average Bonchev–Trinajstić information content (AvgIpc) is 2.63. The first-order chi connectivity index (χ1) is 12.6. The van der Waals surface area contributed by atoms with Gasteiger partial charge in [0.05, 0.1) is 6.54 Å². The fourth-order valence-corrected chi connectivity index (χ4v) is 2.16. The van der Waals surface area contributed by atoms with Crippen molar-refractivity contribution in [3.8, 4) is 6.26 Å². The monoisotopic (exact) mass is 428 g/mol. The largest absolute Gasteiger partial charge is 0.405 e. The standard InChI is InChI=1S/C14H16N6O6.4CH4/c15-7-26-11-20-13(24)18(6-4-2-1-3-5-16-9-21)12(23)19(14(20)25)8-17-10-22;;;;/h1-6,8,11H2;4*1H4. The molecule has 0 amide bonds. The number of nitrogens with zero attached hydrogens (tertiary/aromatic N) is 6. The second-order valence-electron chi connectivity index (χ2n) is 5.00. The molecule has 0 saturated carbocycles. The molecule has 0 radical (unpaired) electrons. The highest BCUT2D eigenvalue weighted by atomic mass is 16.5. The molecule has 0 N–H and O–H groups in total. The summed E-state index contributed by atoms with van der Waals surface area (Å²) < 4.78 is 6.35. The molecule has 30 heavy (non-hydrogen) atoms. The maximum Gasteiger partial charge on any atom is 0.340 e. The molecule has 0 aliphatic rings. The first-order valence-electron chi connectivity index (χ1n) is 7.61. The number of hydrogen-bond donors (Lipinski definition) is 0. The van der Waals surface area contributed by atoms with E-state index in [1.807, 2.05) is 0 Å². The third kappa shape index (κ3) is 9.59. The molecule has 0 spiro atoms. The summed E-state index contributed by atoms with van der Waals surface area (Å²) in [6.45, 7) is -0.886. The lowest BCUT2D eigenvalue weighted by atomic mass is 10.2. The summed E-state index contributed by atoms with van der Waals surface area (Å²) in [7, 11) is 0. The third-order valence-electron chi connectivity index (χ3n) is 3.39. The Bertz CT molecular complexity index is 926. The summed E-state index contributed by atoms with van der Waals surface area (Å²) in [6, 6.07) is 0. The van der Waals surface area contributed by atoms with Crippen LogP contribution in [0.4, 0.5) is 0 Å². The van der Waals surface area contributed by atoms with Crippen molar-refractivity contribution < 1.29 is 14.3 Å². The SMILES string of the molecule is C.C.C.C.N#COCn1c(=O)n(CCCCCCN=C=O)c(=O)n(CN=C=O)c1=O. The molecule has 1 rings (SSSR count). The Morgan fingerprint density at radius 2 is 1.30 bits per heavy atom. The van der Waals surface area contributed by atoms with Crippen LogP contribution < -0.4 is 17.1 Å². The zero-order valence-corrected chi connectivity index (χ0v) is 13.8. The normalized spacial score (nSPS) is 8.37. The van der Waals surface area contributed by atoms with Crippen LogP contribution in [0.1, 0.15) is 55.4 Å². The summed E-state index contributed by atoms with van der Waals surface area (Å²) >= 11 is 0. The number of nitriles is 1. The van der Waals surface area contributed by atoms with Crippen molar-refractivity contribution >= 4 is 12.2 Å². The van der Waals surface area contributed by atoms with Gasteiger partial charge in [-0.25, -0.2) is 42.7 Å². The fraction of sp³-hybridized carbons (Fsp3) is 0.667. The maximum atomic E-state index is 12.3. The predicted molar refractivity (Wildman–Crippen MR) is 112 cm³/mol. The van der Waals surface area contributed by atoms with E-state index in [0.717, 1.165) is 11.0 Å². The molecular formula is C18H32N6O6. The van der Waals surface area contributed by atoms with Crippen LogP contribution >= 0.6 is 0 Å². The second kappa shape index (κ2) is 18.8. The molecule has 0 unspecified atom stereocenters. The highest BCUT2D eigenvalue weighted by Gasteiger charge is 2.15. The van der Waals surface area contributed by atoms with E-state index in [4.69, 9.17) is 5.26 Å². The van der Waals surface area contributed by atoms with E-state index in [1.54, 1.807) is 0 Å². The number of unbranched alkanes of at least 4 members (excludes halogenated alkanes) is 3. The van der Waals surface area contributed by atoms with Crippen LogP contribution in [0.5, 0.6) is 0 Å². The number of aromatic nitrogens is 3. The Labute approximate surface area is 175 Å².